The van der Waals surface area contributed by atoms with Gasteiger partial charge in [-0.2, -0.15) is 31.6 Å². The lowest BCUT2D eigenvalue weighted by atomic mass is 9.88. The van der Waals surface area contributed by atoms with Crippen molar-refractivity contribution in [1.29, 1.82) is 5.26 Å². The molecule has 1 unspecified atom stereocenters. The number of nitriles is 1. The van der Waals surface area contributed by atoms with Crippen LogP contribution in [0.25, 0.3) is 0 Å². The van der Waals surface area contributed by atoms with Crippen molar-refractivity contribution >= 4 is 23.2 Å². The summed E-state index contributed by atoms with van der Waals surface area (Å²) >= 11 is 0. The molecule has 0 saturated carbocycles. The molecule has 1 heterocycles. The Bertz CT molecular complexity index is 1140. The third-order valence-electron chi connectivity index (χ3n) is 5.46. The summed E-state index contributed by atoms with van der Waals surface area (Å²) in [6, 6.07) is 5.85. The molecule has 186 valence electrons. The highest BCUT2D eigenvalue weighted by Crippen LogP contribution is 2.42. The van der Waals surface area contributed by atoms with Gasteiger partial charge in [-0.3, -0.25) is 14.9 Å². The second-order valence-corrected chi connectivity index (χ2v) is 7.81. The molecule has 2 aromatic carbocycles. The lowest BCUT2D eigenvalue weighted by Gasteiger charge is -2.23. The fourth-order valence-electron chi connectivity index (χ4n) is 3.83. The topological polar surface area (TPSA) is 120 Å². The molecule has 5 N–H and O–H groups in total. The van der Waals surface area contributed by atoms with E-state index in [-0.39, 0.29) is 17.8 Å². The second kappa shape index (κ2) is 9.93. The van der Waals surface area contributed by atoms with Crippen LogP contribution in [-0.2, 0) is 15.8 Å². The van der Waals surface area contributed by atoms with Gasteiger partial charge in [0, 0.05) is 17.3 Å². The smallest absolute Gasteiger partial charge is 0.325 e. The van der Waals surface area contributed by atoms with E-state index < -0.39 is 59.7 Å². The van der Waals surface area contributed by atoms with Crippen LogP contribution < -0.4 is 21.7 Å². The van der Waals surface area contributed by atoms with Gasteiger partial charge in [0.15, 0.2) is 0 Å². The molecule has 0 spiro atoms. The standard InChI is InChI=1S/C22H19F6N5O2/c23-21(24,25)16-7-11(1-2-12(16)9-29)15-8-17(33-19(15)22(26,27)28)20(35)32-14-5-3-13(4-6-14)31-18(34)10-30/h1-7,15,17,19,33H,8,10,30H2,(H,31,34)(H,32,35)/t15?,17-,19+/m0/s1. The van der Waals surface area contributed by atoms with Gasteiger partial charge < -0.3 is 16.4 Å². The SMILES string of the molecule is N#Cc1ccc(C2C[C@@H](C(=O)Nc3ccc(NC(=O)CN)cc3)N[C@H]2C(F)(F)F)cc1C(F)(F)F. The number of carbonyl (C=O) groups excluding carboxylic acids is 2. The van der Waals surface area contributed by atoms with E-state index in [0.717, 1.165) is 12.1 Å². The van der Waals surface area contributed by atoms with Crippen LogP contribution >= 0.6 is 0 Å². The Hall–Kier alpha value is -3.63. The molecule has 0 aromatic heterocycles. The average molecular weight is 499 g/mol. The Kier molecular flexibility index (Phi) is 7.37. The van der Waals surface area contributed by atoms with Gasteiger partial charge in [-0.05, 0) is 48.4 Å². The molecule has 1 saturated heterocycles. The molecule has 0 radical (unpaired) electrons. The first kappa shape index (κ1) is 26.0. The highest BCUT2D eigenvalue weighted by atomic mass is 19.4. The number of carbonyl (C=O) groups is 2. The Balaban J connectivity index is 1.81. The lowest BCUT2D eigenvalue weighted by molar-refractivity contribution is -0.156. The first-order valence-electron chi connectivity index (χ1n) is 10.2. The summed E-state index contributed by atoms with van der Waals surface area (Å²) < 4.78 is 81.1. The average Bonchev–Trinajstić information content (AvgIpc) is 3.25. The number of nitrogens with two attached hydrogens (primary N) is 1. The number of nitrogens with zero attached hydrogens (tertiary/aromatic N) is 1. The molecule has 0 aliphatic carbocycles. The number of amides is 2. The molecular weight excluding hydrogens is 480 g/mol. The molecule has 7 nitrogen and oxygen atoms in total. The quantitative estimate of drug-likeness (QED) is 0.470. The maximum absolute atomic E-state index is 13.7. The minimum Gasteiger partial charge on any atom is -0.325 e. The van der Waals surface area contributed by atoms with Crippen LogP contribution in [0, 0.1) is 11.3 Å². The van der Waals surface area contributed by atoms with E-state index in [4.69, 9.17) is 11.0 Å². The third kappa shape index (κ3) is 6.09. The van der Waals surface area contributed by atoms with Crippen molar-refractivity contribution in [3.63, 3.8) is 0 Å². The predicted octanol–water partition coefficient (Wildman–Crippen LogP) is 3.49. The molecule has 35 heavy (non-hydrogen) atoms. The van der Waals surface area contributed by atoms with Gasteiger partial charge in [0.25, 0.3) is 0 Å². The van der Waals surface area contributed by atoms with Crippen LogP contribution in [0.3, 0.4) is 0 Å². The van der Waals surface area contributed by atoms with Crippen LogP contribution in [0.1, 0.15) is 29.0 Å². The van der Waals surface area contributed by atoms with E-state index in [1.54, 1.807) is 0 Å². The Morgan fingerprint density at radius 1 is 1.03 bits per heavy atom. The van der Waals surface area contributed by atoms with Crippen molar-refractivity contribution in [2.45, 2.75) is 36.8 Å². The number of nitrogens with one attached hydrogen (secondary N) is 3. The Morgan fingerprint density at radius 2 is 1.63 bits per heavy atom. The van der Waals surface area contributed by atoms with E-state index in [0.29, 0.717) is 11.8 Å². The minimum atomic E-state index is -4.94. The van der Waals surface area contributed by atoms with Gasteiger partial charge >= 0.3 is 12.4 Å². The van der Waals surface area contributed by atoms with Crippen LogP contribution in [0.5, 0.6) is 0 Å². The normalized spacial score (nSPS) is 20.2. The number of hydrogen-bond acceptors (Lipinski definition) is 5. The molecule has 3 atom stereocenters. The van der Waals surface area contributed by atoms with Crippen molar-refractivity contribution in [1.82, 2.24) is 5.32 Å². The largest absolute Gasteiger partial charge is 0.417 e. The first-order chi connectivity index (χ1) is 16.3. The third-order valence-corrected chi connectivity index (χ3v) is 5.46. The maximum atomic E-state index is 13.7. The molecule has 1 fully saturated rings. The van der Waals surface area contributed by atoms with E-state index in [1.165, 1.54) is 30.3 Å². The van der Waals surface area contributed by atoms with E-state index in [9.17, 15) is 35.9 Å². The molecule has 2 amide bonds. The van der Waals surface area contributed by atoms with Crippen molar-refractivity contribution in [3.8, 4) is 6.07 Å². The Morgan fingerprint density at radius 3 is 2.14 bits per heavy atom. The van der Waals surface area contributed by atoms with Crippen molar-refractivity contribution in [2.75, 3.05) is 17.2 Å². The highest BCUT2D eigenvalue weighted by molar-refractivity contribution is 5.96. The summed E-state index contributed by atoms with van der Waals surface area (Å²) in [6.45, 7) is -0.239. The minimum absolute atomic E-state index is 0.229. The molecule has 13 heteroatoms. The first-order valence-corrected chi connectivity index (χ1v) is 10.2. The summed E-state index contributed by atoms with van der Waals surface area (Å²) in [7, 11) is 0. The van der Waals surface area contributed by atoms with Crippen LogP contribution in [0.15, 0.2) is 42.5 Å². The maximum Gasteiger partial charge on any atom is 0.417 e. The number of halogens is 6. The Labute approximate surface area is 195 Å². The molecule has 3 rings (SSSR count). The molecule has 1 aliphatic rings. The van der Waals surface area contributed by atoms with Crippen molar-refractivity contribution in [3.05, 3.63) is 59.2 Å². The lowest BCUT2D eigenvalue weighted by Crippen LogP contribution is -2.46. The number of anilines is 2. The van der Waals surface area contributed by atoms with E-state index >= 15 is 0 Å². The van der Waals surface area contributed by atoms with Crippen LogP contribution in [0.4, 0.5) is 37.7 Å². The zero-order valence-electron chi connectivity index (χ0n) is 17.8. The van der Waals surface area contributed by atoms with Crippen LogP contribution in [0.2, 0.25) is 0 Å². The predicted molar refractivity (Wildman–Crippen MR) is 113 cm³/mol. The van der Waals surface area contributed by atoms with Crippen molar-refractivity contribution < 1.29 is 35.9 Å². The van der Waals surface area contributed by atoms with Gasteiger partial charge in [-0.15, -0.1) is 0 Å². The summed E-state index contributed by atoms with van der Waals surface area (Å²) in [5.74, 6) is -2.75. The van der Waals surface area contributed by atoms with Gasteiger partial charge in [0.2, 0.25) is 11.8 Å². The summed E-state index contributed by atoms with van der Waals surface area (Å²) in [5.41, 5.74) is 3.47. The molecule has 1 aliphatic heterocycles. The number of alkyl halides is 6. The van der Waals surface area contributed by atoms with Gasteiger partial charge in [-0.1, -0.05) is 6.07 Å². The molecule has 0 bridgehead atoms. The number of rotatable bonds is 5. The van der Waals surface area contributed by atoms with E-state index in [2.05, 4.69) is 16.0 Å². The highest BCUT2D eigenvalue weighted by Gasteiger charge is 2.52. The van der Waals surface area contributed by atoms with Gasteiger partial charge in [0.1, 0.15) is 6.04 Å². The zero-order chi connectivity index (χ0) is 26.0. The van der Waals surface area contributed by atoms with E-state index in [1.807, 2.05) is 0 Å². The van der Waals surface area contributed by atoms with Gasteiger partial charge in [0.05, 0.1) is 29.8 Å². The number of hydrogen-bond donors (Lipinski definition) is 4. The summed E-state index contributed by atoms with van der Waals surface area (Å²) in [4.78, 5) is 24.0. The summed E-state index contributed by atoms with van der Waals surface area (Å²) in [5, 5.41) is 16.0. The second-order valence-electron chi connectivity index (χ2n) is 7.81. The number of benzene rings is 2. The fourth-order valence-corrected chi connectivity index (χ4v) is 3.83. The van der Waals surface area contributed by atoms with Crippen LogP contribution in [-0.4, -0.2) is 36.6 Å². The zero-order valence-corrected chi connectivity index (χ0v) is 17.8. The van der Waals surface area contributed by atoms with Crippen molar-refractivity contribution in [2.24, 2.45) is 5.73 Å². The molecule has 2 aromatic rings. The monoisotopic (exact) mass is 499 g/mol. The fraction of sp³-hybridized carbons (Fsp3) is 0.318. The molecular formula is C22H19F6N5O2. The summed E-state index contributed by atoms with van der Waals surface area (Å²) in [6.07, 6.45) is -10.2. The van der Waals surface area contributed by atoms with Gasteiger partial charge in [-0.25, -0.2) is 0 Å².